The molecule has 2 aromatic carbocycles. The number of anilines is 3. The normalized spacial score (nSPS) is 11.3. The molecule has 0 aliphatic rings. The zero-order valence-corrected chi connectivity index (χ0v) is 13.1. The van der Waals surface area contributed by atoms with Gasteiger partial charge in [-0.25, -0.2) is 8.42 Å². The van der Waals surface area contributed by atoms with Crippen LogP contribution in [0.25, 0.3) is 0 Å². The SMILES string of the molecule is CCCc1ccc(Nc2ccc(S(C)(=O)=O)cc2N)cc1. The highest BCUT2D eigenvalue weighted by atomic mass is 32.2. The fourth-order valence-electron chi connectivity index (χ4n) is 2.08. The Balaban J connectivity index is 2.20. The zero-order chi connectivity index (χ0) is 15.5. The third-order valence-corrected chi connectivity index (χ3v) is 4.33. The molecule has 0 saturated carbocycles. The Morgan fingerprint density at radius 3 is 2.29 bits per heavy atom. The van der Waals surface area contributed by atoms with Crippen LogP contribution in [-0.2, 0) is 16.3 Å². The second-order valence-corrected chi connectivity index (χ2v) is 7.11. The molecular formula is C16H20N2O2S. The first-order valence-corrected chi connectivity index (χ1v) is 8.75. The number of nitrogen functional groups attached to an aromatic ring is 1. The number of hydrogen-bond acceptors (Lipinski definition) is 4. The average molecular weight is 304 g/mol. The van der Waals surface area contributed by atoms with E-state index >= 15 is 0 Å². The Hall–Kier alpha value is -2.01. The van der Waals surface area contributed by atoms with Gasteiger partial charge in [0.2, 0.25) is 0 Å². The van der Waals surface area contributed by atoms with Gasteiger partial charge in [0.15, 0.2) is 9.84 Å². The molecule has 0 aromatic heterocycles. The number of hydrogen-bond donors (Lipinski definition) is 2. The first-order chi connectivity index (χ1) is 9.90. The molecule has 0 radical (unpaired) electrons. The maximum absolute atomic E-state index is 11.5. The number of rotatable bonds is 5. The second-order valence-electron chi connectivity index (χ2n) is 5.09. The van der Waals surface area contributed by atoms with E-state index < -0.39 is 9.84 Å². The van der Waals surface area contributed by atoms with E-state index in [2.05, 4.69) is 24.4 Å². The van der Waals surface area contributed by atoms with Crippen molar-refractivity contribution in [3.8, 4) is 0 Å². The largest absolute Gasteiger partial charge is 0.397 e. The van der Waals surface area contributed by atoms with Crippen LogP contribution < -0.4 is 11.1 Å². The van der Waals surface area contributed by atoms with Gasteiger partial charge in [-0.15, -0.1) is 0 Å². The minimum Gasteiger partial charge on any atom is -0.397 e. The first kappa shape index (κ1) is 15.4. The highest BCUT2D eigenvalue weighted by molar-refractivity contribution is 7.90. The van der Waals surface area contributed by atoms with Gasteiger partial charge in [-0.1, -0.05) is 25.5 Å². The van der Waals surface area contributed by atoms with Crippen LogP contribution in [0.5, 0.6) is 0 Å². The molecular weight excluding hydrogens is 284 g/mol. The van der Waals surface area contributed by atoms with Gasteiger partial charge in [-0.2, -0.15) is 0 Å². The molecule has 0 spiro atoms. The van der Waals surface area contributed by atoms with Crippen molar-refractivity contribution in [3.63, 3.8) is 0 Å². The van der Waals surface area contributed by atoms with Crippen molar-refractivity contribution in [1.82, 2.24) is 0 Å². The van der Waals surface area contributed by atoms with Gasteiger partial charge in [0.05, 0.1) is 16.3 Å². The molecule has 0 amide bonds. The predicted octanol–water partition coefficient (Wildman–Crippen LogP) is 3.37. The summed E-state index contributed by atoms with van der Waals surface area (Å²) in [5, 5.41) is 3.20. The van der Waals surface area contributed by atoms with Crippen LogP contribution in [0.15, 0.2) is 47.4 Å². The molecule has 0 heterocycles. The highest BCUT2D eigenvalue weighted by Gasteiger charge is 2.09. The van der Waals surface area contributed by atoms with E-state index in [9.17, 15) is 8.42 Å². The van der Waals surface area contributed by atoms with E-state index in [1.165, 1.54) is 17.9 Å². The van der Waals surface area contributed by atoms with Gasteiger partial charge in [0, 0.05) is 11.9 Å². The molecule has 0 unspecified atom stereocenters. The Labute approximate surface area is 125 Å². The summed E-state index contributed by atoms with van der Waals surface area (Å²) in [6.45, 7) is 2.15. The molecule has 3 N–H and O–H groups in total. The molecule has 0 fully saturated rings. The summed E-state index contributed by atoms with van der Waals surface area (Å²) in [5.41, 5.74) is 9.25. The Morgan fingerprint density at radius 2 is 1.76 bits per heavy atom. The molecule has 0 bridgehead atoms. The smallest absolute Gasteiger partial charge is 0.175 e. The summed E-state index contributed by atoms with van der Waals surface area (Å²) in [5.74, 6) is 0. The Bertz CT molecular complexity index is 722. The molecule has 2 aromatic rings. The lowest BCUT2D eigenvalue weighted by Crippen LogP contribution is -2.01. The number of aryl methyl sites for hydroxylation is 1. The average Bonchev–Trinajstić information content (AvgIpc) is 2.42. The lowest BCUT2D eigenvalue weighted by Gasteiger charge is -2.11. The fourth-order valence-corrected chi connectivity index (χ4v) is 2.74. The Morgan fingerprint density at radius 1 is 1.10 bits per heavy atom. The maximum Gasteiger partial charge on any atom is 0.175 e. The fraction of sp³-hybridized carbons (Fsp3) is 0.250. The molecule has 0 aliphatic carbocycles. The van der Waals surface area contributed by atoms with Crippen LogP contribution >= 0.6 is 0 Å². The van der Waals surface area contributed by atoms with Crippen molar-refractivity contribution in [3.05, 3.63) is 48.0 Å². The van der Waals surface area contributed by atoms with Crippen LogP contribution in [0.1, 0.15) is 18.9 Å². The molecule has 0 aliphatic heterocycles. The van der Waals surface area contributed by atoms with Gasteiger partial charge in [-0.05, 0) is 42.3 Å². The lowest BCUT2D eigenvalue weighted by atomic mass is 10.1. The summed E-state index contributed by atoms with van der Waals surface area (Å²) in [6, 6.07) is 12.9. The van der Waals surface area contributed by atoms with E-state index in [1.807, 2.05) is 12.1 Å². The minimum absolute atomic E-state index is 0.226. The van der Waals surface area contributed by atoms with Crippen molar-refractivity contribution < 1.29 is 8.42 Å². The quantitative estimate of drug-likeness (QED) is 0.831. The van der Waals surface area contributed by atoms with Crippen LogP contribution in [-0.4, -0.2) is 14.7 Å². The zero-order valence-electron chi connectivity index (χ0n) is 12.3. The molecule has 5 heteroatoms. The van der Waals surface area contributed by atoms with Gasteiger partial charge < -0.3 is 11.1 Å². The number of sulfone groups is 1. The van der Waals surface area contributed by atoms with Crippen LogP contribution in [0.4, 0.5) is 17.1 Å². The highest BCUT2D eigenvalue weighted by Crippen LogP contribution is 2.26. The summed E-state index contributed by atoms with van der Waals surface area (Å²) in [4.78, 5) is 0.226. The molecule has 4 nitrogen and oxygen atoms in total. The lowest BCUT2D eigenvalue weighted by molar-refractivity contribution is 0.602. The predicted molar refractivity (Wildman–Crippen MR) is 87.7 cm³/mol. The summed E-state index contributed by atoms with van der Waals surface area (Å²) >= 11 is 0. The topological polar surface area (TPSA) is 72.2 Å². The number of nitrogens with one attached hydrogen (secondary N) is 1. The van der Waals surface area contributed by atoms with E-state index in [4.69, 9.17) is 5.73 Å². The van der Waals surface area contributed by atoms with Crippen molar-refractivity contribution in [1.29, 1.82) is 0 Å². The molecule has 2 rings (SSSR count). The van der Waals surface area contributed by atoms with Gasteiger partial charge in [0.1, 0.15) is 0 Å². The van der Waals surface area contributed by atoms with E-state index in [-0.39, 0.29) is 4.90 Å². The molecule has 0 atom stereocenters. The van der Waals surface area contributed by atoms with Gasteiger partial charge >= 0.3 is 0 Å². The van der Waals surface area contributed by atoms with Crippen molar-refractivity contribution >= 4 is 26.9 Å². The van der Waals surface area contributed by atoms with E-state index in [0.717, 1.165) is 18.5 Å². The first-order valence-electron chi connectivity index (χ1n) is 6.85. The molecule has 21 heavy (non-hydrogen) atoms. The standard InChI is InChI=1S/C16H20N2O2S/c1-3-4-12-5-7-13(8-6-12)18-16-10-9-14(11-15(16)17)21(2,19)20/h5-11,18H,3-4,17H2,1-2H3. The summed E-state index contributed by atoms with van der Waals surface area (Å²) in [6.07, 6.45) is 3.35. The van der Waals surface area contributed by atoms with Gasteiger partial charge in [-0.3, -0.25) is 0 Å². The monoisotopic (exact) mass is 304 g/mol. The van der Waals surface area contributed by atoms with Gasteiger partial charge in [0.25, 0.3) is 0 Å². The van der Waals surface area contributed by atoms with Crippen molar-refractivity contribution in [2.75, 3.05) is 17.3 Å². The van der Waals surface area contributed by atoms with Crippen LogP contribution in [0.2, 0.25) is 0 Å². The molecule has 0 saturated heterocycles. The molecule has 112 valence electrons. The summed E-state index contributed by atoms with van der Waals surface area (Å²) < 4.78 is 23.0. The second kappa shape index (κ2) is 6.18. The van der Waals surface area contributed by atoms with Crippen LogP contribution in [0, 0.1) is 0 Å². The van der Waals surface area contributed by atoms with Crippen molar-refractivity contribution in [2.24, 2.45) is 0 Å². The minimum atomic E-state index is -3.23. The summed E-state index contributed by atoms with van der Waals surface area (Å²) in [7, 11) is -3.23. The number of benzene rings is 2. The number of nitrogens with two attached hydrogens (primary N) is 1. The third-order valence-electron chi connectivity index (χ3n) is 3.22. The van der Waals surface area contributed by atoms with E-state index in [1.54, 1.807) is 12.1 Å². The van der Waals surface area contributed by atoms with Crippen LogP contribution in [0.3, 0.4) is 0 Å². The maximum atomic E-state index is 11.5. The Kier molecular flexibility index (Phi) is 4.53. The third kappa shape index (κ3) is 3.98. The van der Waals surface area contributed by atoms with E-state index in [0.29, 0.717) is 11.4 Å². The van der Waals surface area contributed by atoms with Crippen molar-refractivity contribution in [2.45, 2.75) is 24.7 Å².